The molecule has 5 heteroatoms. The fourth-order valence-electron chi connectivity index (χ4n) is 2.94. The average Bonchev–Trinajstić information content (AvgIpc) is 3.04. The number of aromatic nitrogens is 1. The van der Waals surface area contributed by atoms with E-state index in [2.05, 4.69) is 6.58 Å². The van der Waals surface area contributed by atoms with E-state index in [-0.39, 0.29) is 0 Å². The van der Waals surface area contributed by atoms with Gasteiger partial charge in [0.25, 0.3) is 0 Å². The van der Waals surface area contributed by atoms with E-state index in [4.69, 9.17) is 14.2 Å². The van der Waals surface area contributed by atoms with Gasteiger partial charge in [0.05, 0.1) is 32.5 Å². The number of benzene rings is 2. The van der Waals surface area contributed by atoms with Gasteiger partial charge in [-0.15, -0.1) is 0 Å². The molecule has 0 aliphatic carbocycles. The van der Waals surface area contributed by atoms with Crippen LogP contribution in [0.3, 0.4) is 0 Å². The maximum absolute atomic E-state index is 11.5. The minimum absolute atomic E-state index is 0.509. The summed E-state index contributed by atoms with van der Waals surface area (Å²) in [5.41, 5.74) is 2.84. The van der Waals surface area contributed by atoms with Crippen molar-refractivity contribution < 1.29 is 19.0 Å². The Balaban J connectivity index is 2.21. The van der Waals surface area contributed by atoms with Crippen molar-refractivity contribution in [3.05, 3.63) is 60.3 Å². The molecule has 0 saturated heterocycles. The van der Waals surface area contributed by atoms with Gasteiger partial charge in [-0.25, -0.2) is 0 Å². The molecule has 3 aromatic rings. The molecule has 5 nitrogen and oxygen atoms in total. The Hall–Kier alpha value is -3.21. The summed E-state index contributed by atoms with van der Waals surface area (Å²) in [6.07, 6.45) is 0.823. The molecule has 0 radical (unpaired) electrons. The van der Waals surface area contributed by atoms with E-state index in [9.17, 15) is 4.79 Å². The topological polar surface area (TPSA) is 49.7 Å². The van der Waals surface area contributed by atoms with E-state index in [1.165, 1.54) is 0 Å². The normalized spacial score (nSPS) is 10.5. The number of carbonyl (C=O) groups is 1. The highest BCUT2D eigenvalue weighted by Crippen LogP contribution is 2.40. The lowest BCUT2D eigenvalue weighted by molar-refractivity contribution is 0.111. The highest BCUT2D eigenvalue weighted by molar-refractivity contribution is 5.93. The van der Waals surface area contributed by atoms with Crippen LogP contribution in [0.15, 0.2) is 49.0 Å². The first kappa shape index (κ1) is 16.6. The van der Waals surface area contributed by atoms with Gasteiger partial charge in [0.2, 0.25) is 5.75 Å². The van der Waals surface area contributed by atoms with Gasteiger partial charge < -0.3 is 18.8 Å². The lowest BCUT2D eigenvalue weighted by Gasteiger charge is -2.17. The summed E-state index contributed by atoms with van der Waals surface area (Å²) >= 11 is 0. The number of hydrogen-bond acceptors (Lipinski definition) is 4. The average molecular weight is 337 g/mol. The molecule has 3 rings (SSSR count). The van der Waals surface area contributed by atoms with Crippen molar-refractivity contribution in [2.45, 2.75) is 0 Å². The standard InChI is InChI=1S/C20H19NO4/c1-13(15-10-18(23-2)20(25-4)19(11-15)24-3)21-16(12-22)9-14-7-5-6-8-17(14)21/h5-12H,1H2,2-4H3. The zero-order valence-corrected chi connectivity index (χ0v) is 14.4. The lowest BCUT2D eigenvalue weighted by atomic mass is 10.1. The third kappa shape index (κ3) is 2.74. The Morgan fingerprint density at radius 1 is 1.00 bits per heavy atom. The zero-order valence-electron chi connectivity index (χ0n) is 14.4. The van der Waals surface area contributed by atoms with E-state index >= 15 is 0 Å². The Morgan fingerprint density at radius 2 is 1.64 bits per heavy atom. The molecule has 0 unspecified atom stereocenters. The number of rotatable bonds is 6. The van der Waals surface area contributed by atoms with Gasteiger partial charge >= 0.3 is 0 Å². The second-order valence-corrected chi connectivity index (χ2v) is 5.44. The summed E-state index contributed by atoms with van der Waals surface area (Å²) < 4.78 is 18.0. The van der Waals surface area contributed by atoms with Crippen LogP contribution in [0.25, 0.3) is 16.6 Å². The van der Waals surface area contributed by atoms with Crippen molar-refractivity contribution in [2.75, 3.05) is 21.3 Å². The molecular formula is C20H19NO4. The number of ether oxygens (including phenoxy) is 3. The fraction of sp³-hybridized carbons (Fsp3) is 0.150. The van der Waals surface area contributed by atoms with Gasteiger partial charge in [-0.2, -0.15) is 0 Å². The van der Waals surface area contributed by atoms with Crippen LogP contribution in [0.2, 0.25) is 0 Å². The second kappa shape index (κ2) is 6.73. The molecule has 1 aromatic heterocycles. The van der Waals surface area contributed by atoms with Crippen molar-refractivity contribution >= 4 is 22.9 Å². The third-order valence-corrected chi connectivity index (χ3v) is 4.13. The van der Waals surface area contributed by atoms with Crippen molar-refractivity contribution in [3.63, 3.8) is 0 Å². The Labute approximate surface area is 146 Å². The fourth-order valence-corrected chi connectivity index (χ4v) is 2.94. The monoisotopic (exact) mass is 337 g/mol. The van der Waals surface area contributed by atoms with Crippen molar-refractivity contribution in [2.24, 2.45) is 0 Å². The molecule has 0 amide bonds. The first-order valence-corrected chi connectivity index (χ1v) is 7.70. The number of nitrogens with zero attached hydrogens (tertiary/aromatic N) is 1. The number of aldehydes is 1. The first-order valence-electron chi connectivity index (χ1n) is 7.70. The molecule has 0 aliphatic rings. The molecule has 0 saturated carbocycles. The van der Waals surface area contributed by atoms with E-state index in [0.717, 1.165) is 22.8 Å². The van der Waals surface area contributed by atoms with E-state index in [1.807, 2.05) is 47.0 Å². The smallest absolute Gasteiger partial charge is 0.203 e. The highest BCUT2D eigenvalue weighted by atomic mass is 16.5. The van der Waals surface area contributed by atoms with Gasteiger partial charge in [-0.3, -0.25) is 4.79 Å². The van der Waals surface area contributed by atoms with E-state index < -0.39 is 0 Å². The molecule has 0 aliphatic heterocycles. The molecule has 1 heterocycles. The van der Waals surface area contributed by atoms with Crippen LogP contribution in [0.1, 0.15) is 16.1 Å². The summed E-state index contributed by atoms with van der Waals surface area (Å²) in [7, 11) is 4.68. The van der Waals surface area contributed by atoms with Crippen molar-refractivity contribution in [1.29, 1.82) is 0 Å². The minimum Gasteiger partial charge on any atom is -0.493 e. The molecular weight excluding hydrogens is 318 g/mol. The Morgan fingerprint density at radius 3 is 2.20 bits per heavy atom. The van der Waals surface area contributed by atoms with Gasteiger partial charge in [0, 0.05) is 16.6 Å². The Bertz CT molecular complexity index is 930. The predicted octanol–water partition coefficient (Wildman–Crippen LogP) is 4.00. The van der Waals surface area contributed by atoms with Crippen LogP contribution in [-0.2, 0) is 0 Å². The van der Waals surface area contributed by atoms with Crippen LogP contribution >= 0.6 is 0 Å². The lowest BCUT2D eigenvalue weighted by Crippen LogP contribution is -2.03. The van der Waals surface area contributed by atoms with Crippen molar-refractivity contribution in [3.8, 4) is 17.2 Å². The van der Waals surface area contributed by atoms with E-state index in [1.54, 1.807) is 21.3 Å². The number of methoxy groups -OCH3 is 3. The van der Waals surface area contributed by atoms with Crippen LogP contribution < -0.4 is 14.2 Å². The second-order valence-electron chi connectivity index (χ2n) is 5.44. The number of fused-ring (bicyclic) bond motifs is 1. The van der Waals surface area contributed by atoms with Crippen molar-refractivity contribution in [1.82, 2.24) is 4.57 Å². The summed E-state index contributed by atoms with van der Waals surface area (Å²) in [6.45, 7) is 4.18. The largest absolute Gasteiger partial charge is 0.493 e. The summed E-state index contributed by atoms with van der Waals surface area (Å²) in [5.74, 6) is 1.57. The van der Waals surface area contributed by atoms with Gasteiger partial charge in [-0.05, 0) is 24.3 Å². The molecule has 0 bridgehead atoms. The van der Waals surface area contributed by atoms with Gasteiger partial charge in [0.1, 0.15) is 0 Å². The third-order valence-electron chi connectivity index (χ3n) is 4.13. The molecule has 0 spiro atoms. The zero-order chi connectivity index (χ0) is 18.0. The maximum atomic E-state index is 11.5. The van der Waals surface area contributed by atoms with Crippen LogP contribution in [0, 0.1) is 0 Å². The summed E-state index contributed by atoms with van der Waals surface area (Å²) in [4.78, 5) is 11.5. The number of hydrogen-bond donors (Lipinski definition) is 0. The molecule has 0 fully saturated rings. The highest BCUT2D eigenvalue weighted by Gasteiger charge is 2.17. The molecule has 128 valence electrons. The van der Waals surface area contributed by atoms with Gasteiger partial charge in [-0.1, -0.05) is 24.8 Å². The Kier molecular flexibility index (Phi) is 4.48. The molecule has 0 N–H and O–H groups in total. The first-order chi connectivity index (χ1) is 12.1. The molecule has 25 heavy (non-hydrogen) atoms. The minimum atomic E-state index is 0.509. The predicted molar refractivity (Wildman–Crippen MR) is 97.9 cm³/mol. The molecule has 2 aromatic carbocycles. The molecule has 0 atom stereocenters. The van der Waals surface area contributed by atoms with Crippen LogP contribution in [-0.4, -0.2) is 32.2 Å². The quantitative estimate of drug-likeness (QED) is 0.638. The van der Waals surface area contributed by atoms with E-state index in [0.29, 0.717) is 28.6 Å². The SMILES string of the molecule is C=C(c1cc(OC)c(OC)c(OC)c1)n1c(C=O)cc2ccccc21. The van der Waals surface area contributed by atoms with Gasteiger partial charge in [0.15, 0.2) is 17.8 Å². The summed E-state index contributed by atoms with van der Waals surface area (Å²) in [6, 6.07) is 13.2. The number of carbonyl (C=O) groups excluding carboxylic acids is 1. The van der Waals surface area contributed by atoms with Crippen LogP contribution in [0.5, 0.6) is 17.2 Å². The maximum Gasteiger partial charge on any atom is 0.203 e. The summed E-state index contributed by atoms with van der Waals surface area (Å²) in [5, 5.41) is 0.971. The van der Waals surface area contributed by atoms with Crippen LogP contribution in [0.4, 0.5) is 0 Å². The number of para-hydroxylation sites is 1.